The first-order valence-corrected chi connectivity index (χ1v) is 7.56. The Kier molecular flexibility index (Phi) is 5.29. The van der Waals surface area contributed by atoms with Crippen LogP contribution in [0.4, 0.5) is 10.1 Å². The monoisotopic (exact) mass is 328 g/mol. The predicted octanol–water partition coefficient (Wildman–Crippen LogP) is 2.88. The highest BCUT2D eigenvalue weighted by atomic mass is 35.5. The van der Waals surface area contributed by atoms with Crippen LogP contribution in [0.5, 0.6) is 5.75 Å². The SMILES string of the molecule is CC1CN(C(=O)C[C@@H]2CCC[C@H]2N)c2ccc(F)cc2O1.Cl. The molecule has 1 aliphatic carbocycles. The number of hydrogen-bond donors (Lipinski definition) is 1. The van der Waals surface area contributed by atoms with Gasteiger partial charge < -0.3 is 15.4 Å². The number of benzene rings is 1. The first-order chi connectivity index (χ1) is 10.0. The molecule has 6 heteroatoms. The van der Waals surface area contributed by atoms with Gasteiger partial charge in [0.1, 0.15) is 17.7 Å². The predicted molar refractivity (Wildman–Crippen MR) is 86.0 cm³/mol. The van der Waals surface area contributed by atoms with Gasteiger partial charge in [-0.2, -0.15) is 0 Å². The zero-order valence-corrected chi connectivity index (χ0v) is 13.4. The molecule has 122 valence electrons. The van der Waals surface area contributed by atoms with Crippen LogP contribution in [0.2, 0.25) is 0 Å². The second-order valence-corrected chi connectivity index (χ2v) is 6.10. The molecule has 3 atom stereocenters. The molecule has 2 N–H and O–H groups in total. The summed E-state index contributed by atoms with van der Waals surface area (Å²) in [7, 11) is 0. The van der Waals surface area contributed by atoms with Gasteiger partial charge >= 0.3 is 0 Å². The summed E-state index contributed by atoms with van der Waals surface area (Å²) in [6.45, 7) is 2.38. The maximum Gasteiger partial charge on any atom is 0.227 e. The summed E-state index contributed by atoms with van der Waals surface area (Å²) in [5.41, 5.74) is 6.71. The van der Waals surface area contributed by atoms with E-state index in [-0.39, 0.29) is 42.2 Å². The number of carbonyl (C=O) groups is 1. The van der Waals surface area contributed by atoms with E-state index in [2.05, 4.69) is 0 Å². The van der Waals surface area contributed by atoms with Crippen LogP contribution in [0.1, 0.15) is 32.6 Å². The number of hydrogen-bond acceptors (Lipinski definition) is 3. The lowest BCUT2D eigenvalue weighted by atomic mass is 9.99. The molecule has 0 spiro atoms. The quantitative estimate of drug-likeness (QED) is 0.908. The van der Waals surface area contributed by atoms with E-state index in [0.29, 0.717) is 24.4 Å². The van der Waals surface area contributed by atoms with Gasteiger partial charge in [0.25, 0.3) is 0 Å². The summed E-state index contributed by atoms with van der Waals surface area (Å²) >= 11 is 0. The van der Waals surface area contributed by atoms with E-state index in [1.807, 2.05) is 6.92 Å². The molecule has 0 radical (unpaired) electrons. The molecule has 0 aromatic heterocycles. The molecule has 2 aliphatic rings. The lowest BCUT2D eigenvalue weighted by Crippen LogP contribution is -2.43. The Morgan fingerprint density at radius 2 is 2.23 bits per heavy atom. The number of halogens is 2. The van der Waals surface area contributed by atoms with Crippen LogP contribution in [0.15, 0.2) is 18.2 Å². The summed E-state index contributed by atoms with van der Waals surface area (Å²) in [6, 6.07) is 4.44. The van der Waals surface area contributed by atoms with Crippen LogP contribution in [0, 0.1) is 11.7 Å². The molecule has 0 bridgehead atoms. The van der Waals surface area contributed by atoms with Crippen LogP contribution in [-0.4, -0.2) is 24.6 Å². The fourth-order valence-electron chi connectivity index (χ4n) is 3.30. The van der Waals surface area contributed by atoms with Crippen LogP contribution in [0.3, 0.4) is 0 Å². The van der Waals surface area contributed by atoms with Gasteiger partial charge in [-0.1, -0.05) is 6.42 Å². The third-order valence-electron chi connectivity index (χ3n) is 4.44. The topological polar surface area (TPSA) is 55.6 Å². The Balaban J connectivity index is 0.00000176. The lowest BCUT2D eigenvalue weighted by Gasteiger charge is -2.34. The summed E-state index contributed by atoms with van der Waals surface area (Å²) in [4.78, 5) is 14.3. The number of rotatable bonds is 2. The average molecular weight is 329 g/mol. The van der Waals surface area contributed by atoms with E-state index in [0.717, 1.165) is 19.3 Å². The Bertz CT molecular complexity index is 555. The van der Waals surface area contributed by atoms with Crippen molar-refractivity contribution in [3.63, 3.8) is 0 Å². The molecule has 4 nitrogen and oxygen atoms in total. The van der Waals surface area contributed by atoms with E-state index in [1.165, 1.54) is 12.1 Å². The smallest absolute Gasteiger partial charge is 0.227 e. The van der Waals surface area contributed by atoms with Gasteiger partial charge in [0, 0.05) is 18.5 Å². The highest BCUT2D eigenvalue weighted by Crippen LogP contribution is 2.36. The minimum absolute atomic E-state index is 0. The highest BCUT2D eigenvalue weighted by Gasteiger charge is 2.32. The van der Waals surface area contributed by atoms with E-state index in [9.17, 15) is 9.18 Å². The summed E-state index contributed by atoms with van der Waals surface area (Å²) in [5.74, 6) is 0.408. The van der Waals surface area contributed by atoms with Crippen molar-refractivity contribution in [1.82, 2.24) is 0 Å². The maximum atomic E-state index is 13.3. The fourth-order valence-corrected chi connectivity index (χ4v) is 3.30. The Morgan fingerprint density at radius 1 is 1.45 bits per heavy atom. The molecule has 0 saturated heterocycles. The van der Waals surface area contributed by atoms with Gasteiger partial charge in [-0.05, 0) is 37.8 Å². The molecule has 1 aromatic carbocycles. The van der Waals surface area contributed by atoms with Gasteiger partial charge in [0.2, 0.25) is 5.91 Å². The van der Waals surface area contributed by atoms with E-state index in [4.69, 9.17) is 10.5 Å². The van der Waals surface area contributed by atoms with Crippen LogP contribution >= 0.6 is 12.4 Å². The van der Waals surface area contributed by atoms with Crippen molar-refractivity contribution in [2.45, 2.75) is 44.8 Å². The number of carbonyl (C=O) groups excluding carboxylic acids is 1. The van der Waals surface area contributed by atoms with Crippen LogP contribution < -0.4 is 15.4 Å². The summed E-state index contributed by atoms with van der Waals surface area (Å²) in [5, 5.41) is 0. The lowest BCUT2D eigenvalue weighted by molar-refractivity contribution is -0.120. The van der Waals surface area contributed by atoms with Gasteiger partial charge in [-0.25, -0.2) is 4.39 Å². The van der Waals surface area contributed by atoms with Gasteiger partial charge in [0.15, 0.2) is 0 Å². The van der Waals surface area contributed by atoms with E-state index < -0.39 is 0 Å². The molecule has 1 heterocycles. The van der Waals surface area contributed by atoms with Gasteiger partial charge in [-0.15, -0.1) is 12.4 Å². The molecule has 1 unspecified atom stereocenters. The first-order valence-electron chi connectivity index (χ1n) is 7.56. The zero-order chi connectivity index (χ0) is 15.0. The van der Waals surface area contributed by atoms with Gasteiger partial charge in [0.05, 0.1) is 12.2 Å². The molecule has 1 aromatic rings. The van der Waals surface area contributed by atoms with Crippen LogP contribution in [-0.2, 0) is 4.79 Å². The van der Waals surface area contributed by atoms with Crippen molar-refractivity contribution in [2.75, 3.05) is 11.4 Å². The zero-order valence-electron chi connectivity index (χ0n) is 12.6. The van der Waals surface area contributed by atoms with Crippen molar-refractivity contribution >= 4 is 24.0 Å². The number of fused-ring (bicyclic) bond motifs is 1. The van der Waals surface area contributed by atoms with Crippen molar-refractivity contribution in [2.24, 2.45) is 11.7 Å². The van der Waals surface area contributed by atoms with Crippen molar-refractivity contribution in [3.05, 3.63) is 24.0 Å². The Morgan fingerprint density at radius 3 is 2.91 bits per heavy atom. The third-order valence-corrected chi connectivity index (χ3v) is 4.44. The molecule has 1 saturated carbocycles. The molecular formula is C16H22ClFN2O2. The maximum absolute atomic E-state index is 13.3. The average Bonchev–Trinajstić information content (AvgIpc) is 2.82. The third kappa shape index (κ3) is 3.36. The number of anilines is 1. The Hall–Kier alpha value is -1.33. The number of ether oxygens (including phenoxy) is 1. The summed E-state index contributed by atoms with van der Waals surface area (Å²) < 4.78 is 19.0. The second-order valence-electron chi connectivity index (χ2n) is 6.10. The molecule has 1 fully saturated rings. The molecule has 1 amide bonds. The van der Waals surface area contributed by atoms with Crippen molar-refractivity contribution in [1.29, 1.82) is 0 Å². The molecule has 3 rings (SSSR count). The number of amides is 1. The summed E-state index contributed by atoms with van der Waals surface area (Å²) in [6.07, 6.45) is 3.44. The first kappa shape index (κ1) is 17.0. The van der Waals surface area contributed by atoms with E-state index in [1.54, 1.807) is 11.0 Å². The molecular weight excluding hydrogens is 307 g/mol. The number of nitrogens with two attached hydrogens (primary N) is 1. The molecule has 1 aliphatic heterocycles. The van der Waals surface area contributed by atoms with Crippen molar-refractivity contribution in [3.8, 4) is 5.75 Å². The highest BCUT2D eigenvalue weighted by molar-refractivity contribution is 5.95. The fraction of sp³-hybridized carbons (Fsp3) is 0.562. The van der Waals surface area contributed by atoms with Gasteiger partial charge in [-0.3, -0.25) is 4.79 Å². The van der Waals surface area contributed by atoms with E-state index >= 15 is 0 Å². The largest absolute Gasteiger partial charge is 0.487 e. The second kappa shape index (κ2) is 6.84. The van der Waals surface area contributed by atoms with Crippen molar-refractivity contribution < 1.29 is 13.9 Å². The van der Waals surface area contributed by atoms with Crippen LogP contribution in [0.25, 0.3) is 0 Å². The normalized spacial score (nSPS) is 26.9. The standard InChI is InChI=1S/C16H21FN2O2.ClH/c1-10-9-19(14-6-5-12(17)8-15(14)21-10)16(20)7-11-3-2-4-13(11)18;/h5-6,8,10-11,13H,2-4,7,9,18H2,1H3;1H/t10?,11-,13+;/m0./s1. The minimum atomic E-state index is -0.354. The molecule has 22 heavy (non-hydrogen) atoms. The number of nitrogens with zero attached hydrogens (tertiary/aromatic N) is 1. The minimum Gasteiger partial charge on any atom is -0.487 e. The Labute approximate surface area is 136 Å².